The molecule has 4 heteroatoms. The van der Waals surface area contributed by atoms with E-state index in [1.807, 2.05) is 43.4 Å². The summed E-state index contributed by atoms with van der Waals surface area (Å²) >= 11 is 0. The van der Waals surface area contributed by atoms with Gasteiger partial charge in [0.2, 0.25) is 0 Å². The van der Waals surface area contributed by atoms with Gasteiger partial charge < -0.3 is 15.2 Å². The zero-order valence-corrected chi connectivity index (χ0v) is 13.7. The minimum absolute atomic E-state index is 0. The van der Waals surface area contributed by atoms with Gasteiger partial charge in [-0.3, -0.25) is 0 Å². The van der Waals surface area contributed by atoms with Gasteiger partial charge in [0.15, 0.2) is 0 Å². The maximum absolute atomic E-state index is 9.89. The molecule has 0 bridgehead atoms. The van der Waals surface area contributed by atoms with Crippen molar-refractivity contribution in [2.75, 3.05) is 20.2 Å². The largest absolute Gasteiger partial charge is 0.508 e. The Balaban J connectivity index is 0.00000242. The summed E-state index contributed by atoms with van der Waals surface area (Å²) in [6, 6.07) is 15.5. The number of unbranched alkanes of at least 4 members (excludes halogenated alkanes) is 1. The minimum Gasteiger partial charge on any atom is -0.508 e. The van der Waals surface area contributed by atoms with Gasteiger partial charge in [0, 0.05) is 6.42 Å². The van der Waals surface area contributed by atoms with Crippen LogP contribution >= 0.6 is 12.4 Å². The fourth-order valence-electron chi connectivity index (χ4n) is 2.24. The highest BCUT2D eigenvalue weighted by Crippen LogP contribution is 2.25. The molecule has 0 spiro atoms. The molecule has 0 aromatic heterocycles. The molecule has 2 aromatic rings. The van der Waals surface area contributed by atoms with Crippen molar-refractivity contribution in [2.45, 2.75) is 19.3 Å². The summed E-state index contributed by atoms with van der Waals surface area (Å²) in [5.41, 5.74) is 2.02. The predicted octanol–water partition coefficient (Wildman–Crippen LogP) is 3.78. The van der Waals surface area contributed by atoms with E-state index in [2.05, 4.69) is 11.4 Å². The Morgan fingerprint density at radius 1 is 0.955 bits per heavy atom. The number of para-hydroxylation sites is 2. The van der Waals surface area contributed by atoms with Crippen LogP contribution in [0.1, 0.15) is 24.0 Å². The molecule has 0 radical (unpaired) electrons. The molecule has 2 rings (SSSR count). The Hall–Kier alpha value is -1.71. The highest BCUT2D eigenvalue weighted by molar-refractivity contribution is 5.85. The zero-order chi connectivity index (χ0) is 14.9. The molecule has 0 aliphatic rings. The number of rotatable bonds is 8. The SMILES string of the molecule is CNCCCCOc1ccccc1Cc1ccccc1O.Cl. The summed E-state index contributed by atoms with van der Waals surface area (Å²) in [5, 5.41) is 13.0. The van der Waals surface area contributed by atoms with Gasteiger partial charge in [-0.1, -0.05) is 36.4 Å². The first-order chi connectivity index (χ1) is 10.3. The zero-order valence-electron chi connectivity index (χ0n) is 12.9. The van der Waals surface area contributed by atoms with Gasteiger partial charge in [-0.25, -0.2) is 0 Å². The lowest BCUT2D eigenvalue weighted by Gasteiger charge is -2.12. The number of benzene rings is 2. The third-order valence-electron chi connectivity index (χ3n) is 3.42. The standard InChI is InChI=1S/C18H23NO2.ClH/c1-19-12-6-7-13-21-18-11-5-3-9-16(18)14-15-8-2-4-10-17(15)20;/h2-5,8-11,19-20H,6-7,12-14H2,1H3;1H. The molecule has 0 heterocycles. The average molecular weight is 322 g/mol. The van der Waals surface area contributed by atoms with Crippen LogP contribution in [0.3, 0.4) is 0 Å². The van der Waals surface area contributed by atoms with Crippen LogP contribution in [0.15, 0.2) is 48.5 Å². The monoisotopic (exact) mass is 321 g/mol. The van der Waals surface area contributed by atoms with E-state index in [1.54, 1.807) is 6.07 Å². The summed E-state index contributed by atoms with van der Waals surface area (Å²) in [7, 11) is 1.96. The maximum atomic E-state index is 9.89. The van der Waals surface area contributed by atoms with E-state index in [4.69, 9.17) is 4.74 Å². The van der Waals surface area contributed by atoms with Crippen molar-refractivity contribution in [1.82, 2.24) is 5.32 Å². The number of aromatic hydroxyl groups is 1. The highest BCUT2D eigenvalue weighted by atomic mass is 35.5. The van der Waals surface area contributed by atoms with Crippen molar-refractivity contribution >= 4 is 12.4 Å². The summed E-state index contributed by atoms with van der Waals surface area (Å²) in [5.74, 6) is 1.24. The van der Waals surface area contributed by atoms with Gasteiger partial charge in [-0.15, -0.1) is 12.4 Å². The average Bonchev–Trinajstić information content (AvgIpc) is 2.51. The lowest BCUT2D eigenvalue weighted by molar-refractivity contribution is 0.304. The van der Waals surface area contributed by atoms with Crippen LogP contribution in [0.25, 0.3) is 0 Å². The second kappa shape index (κ2) is 10.1. The van der Waals surface area contributed by atoms with Crippen LogP contribution in [0.2, 0.25) is 0 Å². The molecule has 0 atom stereocenters. The van der Waals surface area contributed by atoms with Crippen molar-refractivity contribution in [2.24, 2.45) is 0 Å². The van der Waals surface area contributed by atoms with E-state index < -0.39 is 0 Å². The van der Waals surface area contributed by atoms with Gasteiger partial charge in [0.05, 0.1) is 6.61 Å². The number of nitrogens with one attached hydrogen (secondary N) is 1. The molecule has 22 heavy (non-hydrogen) atoms. The van der Waals surface area contributed by atoms with E-state index in [-0.39, 0.29) is 12.4 Å². The first-order valence-corrected chi connectivity index (χ1v) is 7.43. The number of hydrogen-bond donors (Lipinski definition) is 2. The Bertz CT molecular complexity index is 560. The van der Waals surface area contributed by atoms with Gasteiger partial charge in [0.25, 0.3) is 0 Å². The number of phenolic OH excluding ortho intramolecular Hbond substituents is 1. The molecule has 0 aliphatic heterocycles. The third-order valence-corrected chi connectivity index (χ3v) is 3.42. The second-order valence-corrected chi connectivity index (χ2v) is 5.07. The third kappa shape index (κ3) is 5.58. The van der Waals surface area contributed by atoms with E-state index >= 15 is 0 Å². The summed E-state index contributed by atoms with van der Waals surface area (Å²) in [6.07, 6.45) is 2.82. The normalized spacial score (nSPS) is 10.0. The van der Waals surface area contributed by atoms with Gasteiger partial charge in [-0.05, 0) is 49.7 Å². The molecule has 3 nitrogen and oxygen atoms in total. The highest BCUT2D eigenvalue weighted by Gasteiger charge is 2.07. The Kier molecular flexibility index (Phi) is 8.41. The Morgan fingerprint density at radius 3 is 2.36 bits per heavy atom. The van der Waals surface area contributed by atoms with Gasteiger partial charge in [-0.2, -0.15) is 0 Å². The van der Waals surface area contributed by atoms with Crippen LogP contribution in [0.5, 0.6) is 11.5 Å². The molecule has 0 aliphatic carbocycles. The van der Waals surface area contributed by atoms with Crippen LogP contribution < -0.4 is 10.1 Å². The van der Waals surface area contributed by atoms with Crippen molar-refractivity contribution in [3.05, 3.63) is 59.7 Å². The first-order valence-electron chi connectivity index (χ1n) is 7.43. The van der Waals surface area contributed by atoms with Crippen LogP contribution in [0.4, 0.5) is 0 Å². The van der Waals surface area contributed by atoms with Crippen LogP contribution in [-0.4, -0.2) is 25.3 Å². The molecule has 0 saturated carbocycles. The molecule has 120 valence electrons. The topological polar surface area (TPSA) is 41.5 Å². The molecule has 0 saturated heterocycles. The molecule has 0 fully saturated rings. The fraction of sp³-hybridized carbons (Fsp3) is 0.333. The van der Waals surface area contributed by atoms with E-state index in [9.17, 15) is 5.11 Å². The predicted molar refractivity (Wildman–Crippen MR) is 93.3 cm³/mol. The number of phenols is 1. The lowest BCUT2D eigenvalue weighted by atomic mass is 10.0. The number of ether oxygens (including phenoxy) is 1. The molecular weight excluding hydrogens is 298 g/mol. The summed E-state index contributed by atoms with van der Waals surface area (Å²) < 4.78 is 5.89. The summed E-state index contributed by atoms with van der Waals surface area (Å²) in [6.45, 7) is 1.74. The smallest absolute Gasteiger partial charge is 0.122 e. The van der Waals surface area contributed by atoms with Crippen molar-refractivity contribution in [3.8, 4) is 11.5 Å². The van der Waals surface area contributed by atoms with E-state index in [0.717, 1.165) is 42.9 Å². The minimum atomic E-state index is 0. The van der Waals surface area contributed by atoms with Crippen molar-refractivity contribution in [3.63, 3.8) is 0 Å². The molecule has 0 amide bonds. The fourth-order valence-corrected chi connectivity index (χ4v) is 2.24. The number of halogens is 1. The molecule has 2 aromatic carbocycles. The lowest BCUT2D eigenvalue weighted by Crippen LogP contribution is -2.09. The van der Waals surface area contributed by atoms with Crippen molar-refractivity contribution < 1.29 is 9.84 Å². The number of hydrogen-bond acceptors (Lipinski definition) is 3. The molecule has 0 unspecified atom stereocenters. The molecular formula is C18H24ClNO2. The van der Waals surface area contributed by atoms with Crippen LogP contribution in [0, 0.1) is 0 Å². The quantitative estimate of drug-likeness (QED) is 0.727. The van der Waals surface area contributed by atoms with Gasteiger partial charge in [0.1, 0.15) is 11.5 Å². The Labute approximate surface area is 138 Å². The maximum Gasteiger partial charge on any atom is 0.122 e. The van der Waals surface area contributed by atoms with E-state index in [1.165, 1.54) is 0 Å². The summed E-state index contributed by atoms with van der Waals surface area (Å²) in [4.78, 5) is 0. The van der Waals surface area contributed by atoms with Crippen molar-refractivity contribution in [1.29, 1.82) is 0 Å². The first kappa shape index (κ1) is 18.3. The van der Waals surface area contributed by atoms with Gasteiger partial charge >= 0.3 is 0 Å². The molecule has 2 N–H and O–H groups in total. The second-order valence-electron chi connectivity index (χ2n) is 5.07. The van der Waals surface area contributed by atoms with Crippen LogP contribution in [-0.2, 0) is 6.42 Å². The van der Waals surface area contributed by atoms with E-state index in [0.29, 0.717) is 12.2 Å². The Morgan fingerprint density at radius 2 is 1.64 bits per heavy atom.